The summed E-state index contributed by atoms with van der Waals surface area (Å²) in [5.74, 6) is 0.340. The molecule has 1 aromatic rings. The predicted molar refractivity (Wildman–Crippen MR) is 80.7 cm³/mol. The first-order chi connectivity index (χ1) is 10.7. The van der Waals surface area contributed by atoms with Gasteiger partial charge < -0.3 is 24.4 Å². The number of hydrogen-bond donors (Lipinski definition) is 1. The Labute approximate surface area is 130 Å². The molecule has 1 spiro atoms. The molecule has 0 saturated carbocycles. The lowest BCUT2D eigenvalue weighted by atomic mass is 10.0. The minimum Gasteiger partial charge on any atom is -0.496 e. The number of para-hydroxylation sites is 1. The molecule has 6 heteroatoms. The highest BCUT2D eigenvalue weighted by Crippen LogP contribution is 2.31. The highest BCUT2D eigenvalue weighted by atomic mass is 16.7. The van der Waals surface area contributed by atoms with Crippen molar-refractivity contribution in [3.05, 3.63) is 29.8 Å². The van der Waals surface area contributed by atoms with E-state index in [9.17, 15) is 4.79 Å². The average molecular weight is 306 g/mol. The molecular weight excluding hydrogens is 284 g/mol. The van der Waals surface area contributed by atoms with Gasteiger partial charge in [0.05, 0.1) is 20.3 Å². The molecule has 1 aromatic carbocycles. The number of amides is 2. The van der Waals surface area contributed by atoms with Crippen molar-refractivity contribution >= 4 is 6.03 Å². The molecule has 6 nitrogen and oxygen atoms in total. The van der Waals surface area contributed by atoms with Crippen molar-refractivity contribution in [1.29, 1.82) is 0 Å². The second-order valence-corrected chi connectivity index (χ2v) is 5.57. The lowest BCUT2D eigenvalue weighted by Crippen LogP contribution is -2.50. The Morgan fingerprint density at radius 3 is 2.64 bits per heavy atom. The molecule has 2 saturated heterocycles. The van der Waals surface area contributed by atoms with Crippen LogP contribution in [0, 0.1) is 0 Å². The van der Waals surface area contributed by atoms with Crippen LogP contribution in [0.15, 0.2) is 24.3 Å². The maximum Gasteiger partial charge on any atom is 0.317 e. The number of carbonyl (C=O) groups is 1. The number of benzene rings is 1. The standard InChI is InChI=1S/C16H22N2O4/c1-20-14-5-3-2-4-13(14)12-17-15(19)18-8-6-16(7-9-18)21-10-11-22-16/h2-5H,6-12H2,1H3,(H,17,19). The van der Waals surface area contributed by atoms with E-state index >= 15 is 0 Å². The second-order valence-electron chi connectivity index (χ2n) is 5.57. The van der Waals surface area contributed by atoms with Crippen LogP contribution in [0.2, 0.25) is 0 Å². The number of likely N-dealkylation sites (tertiary alicyclic amines) is 1. The molecule has 2 heterocycles. The molecule has 0 unspecified atom stereocenters. The van der Waals surface area contributed by atoms with Gasteiger partial charge in [-0.25, -0.2) is 4.79 Å². The fourth-order valence-corrected chi connectivity index (χ4v) is 2.97. The van der Waals surface area contributed by atoms with Crippen molar-refractivity contribution in [2.75, 3.05) is 33.4 Å². The summed E-state index contributed by atoms with van der Waals surface area (Å²) < 4.78 is 16.6. The zero-order valence-electron chi connectivity index (χ0n) is 12.8. The summed E-state index contributed by atoms with van der Waals surface area (Å²) in [6.07, 6.45) is 1.46. The van der Waals surface area contributed by atoms with Crippen LogP contribution in [-0.2, 0) is 16.0 Å². The number of carbonyl (C=O) groups excluding carboxylic acids is 1. The second kappa shape index (κ2) is 6.54. The van der Waals surface area contributed by atoms with Crippen molar-refractivity contribution in [3.63, 3.8) is 0 Å². The van der Waals surface area contributed by atoms with E-state index in [0.29, 0.717) is 32.8 Å². The number of nitrogens with zero attached hydrogens (tertiary/aromatic N) is 1. The molecule has 3 rings (SSSR count). The van der Waals surface area contributed by atoms with Crippen molar-refractivity contribution < 1.29 is 19.0 Å². The van der Waals surface area contributed by atoms with Crippen LogP contribution in [0.1, 0.15) is 18.4 Å². The Morgan fingerprint density at radius 1 is 1.27 bits per heavy atom. The van der Waals surface area contributed by atoms with Gasteiger partial charge in [-0.1, -0.05) is 18.2 Å². The molecule has 1 N–H and O–H groups in total. The van der Waals surface area contributed by atoms with Gasteiger partial charge in [0, 0.05) is 38.0 Å². The van der Waals surface area contributed by atoms with E-state index in [-0.39, 0.29) is 6.03 Å². The molecule has 2 aliphatic heterocycles. The molecule has 22 heavy (non-hydrogen) atoms. The van der Waals surface area contributed by atoms with Crippen LogP contribution in [0.4, 0.5) is 4.79 Å². The molecule has 2 aliphatic rings. The van der Waals surface area contributed by atoms with Gasteiger partial charge >= 0.3 is 6.03 Å². The molecule has 2 amide bonds. The molecule has 120 valence electrons. The minimum atomic E-state index is -0.445. The van der Waals surface area contributed by atoms with Crippen LogP contribution in [-0.4, -0.2) is 50.1 Å². The number of urea groups is 1. The number of ether oxygens (including phenoxy) is 3. The fraction of sp³-hybridized carbons (Fsp3) is 0.562. The summed E-state index contributed by atoms with van der Waals surface area (Å²) in [6, 6.07) is 7.63. The SMILES string of the molecule is COc1ccccc1CNC(=O)N1CCC2(CC1)OCCO2. The number of hydrogen-bond acceptors (Lipinski definition) is 4. The summed E-state index contributed by atoms with van der Waals surface area (Å²) in [6.45, 7) is 3.06. The summed E-state index contributed by atoms with van der Waals surface area (Å²) in [5, 5.41) is 2.95. The van der Waals surface area contributed by atoms with Crippen molar-refractivity contribution in [2.45, 2.75) is 25.2 Å². The minimum absolute atomic E-state index is 0.0567. The van der Waals surface area contributed by atoms with E-state index in [1.807, 2.05) is 29.2 Å². The van der Waals surface area contributed by atoms with Crippen LogP contribution >= 0.6 is 0 Å². The van der Waals surface area contributed by atoms with Crippen molar-refractivity contribution in [1.82, 2.24) is 10.2 Å². The number of rotatable bonds is 3. The number of nitrogens with one attached hydrogen (secondary N) is 1. The van der Waals surface area contributed by atoms with E-state index < -0.39 is 5.79 Å². The normalized spacial score (nSPS) is 20.1. The lowest BCUT2D eigenvalue weighted by Gasteiger charge is -2.37. The third-order valence-corrected chi connectivity index (χ3v) is 4.25. The summed E-state index contributed by atoms with van der Waals surface area (Å²) in [5.41, 5.74) is 0.967. The molecule has 0 atom stereocenters. The average Bonchev–Trinajstić information content (AvgIpc) is 3.01. The highest BCUT2D eigenvalue weighted by Gasteiger charge is 2.40. The van der Waals surface area contributed by atoms with Crippen LogP contribution in [0.5, 0.6) is 5.75 Å². The molecule has 0 radical (unpaired) electrons. The van der Waals surface area contributed by atoms with Gasteiger partial charge in [0.1, 0.15) is 5.75 Å². The Hall–Kier alpha value is -1.79. The summed E-state index contributed by atoms with van der Waals surface area (Å²) in [4.78, 5) is 14.1. The Kier molecular flexibility index (Phi) is 4.49. The Bertz CT molecular complexity index is 519. The third-order valence-electron chi connectivity index (χ3n) is 4.25. The molecule has 0 bridgehead atoms. The maximum atomic E-state index is 12.3. The van der Waals surface area contributed by atoms with Crippen LogP contribution in [0.25, 0.3) is 0 Å². The van der Waals surface area contributed by atoms with Gasteiger partial charge in [-0.15, -0.1) is 0 Å². The molecule has 0 aromatic heterocycles. The zero-order valence-corrected chi connectivity index (χ0v) is 12.8. The van der Waals surface area contributed by atoms with Gasteiger partial charge in [-0.3, -0.25) is 0 Å². The van der Waals surface area contributed by atoms with Gasteiger partial charge in [-0.05, 0) is 6.07 Å². The smallest absolute Gasteiger partial charge is 0.317 e. The molecular formula is C16H22N2O4. The molecule has 2 fully saturated rings. The van der Waals surface area contributed by atoms with E-state index in [1.165, 1.54) is 0 Å². The fourth-order valence-electron chi connectivity index (χ4n) is 2.97. The van der Waals surface area contributed by atoms with Gasteiger partial charge in [-0.2, -0.15) is 0 Å². The number of piperidine rings is 1. The van der Waals surface area contributed by atoms with E-state index in [4.69, 9.17) is 14.2 Å². The van der Waals surface area contributed by atoms with Gasteiger partial charge in [0.25, 0.3) is 0 Å². The van der Waals surface area contributed by atoms with Crippen LogP contribution in [0.3, 0.4) is 0 Å². The maximum absolute atomic E-state index is 12.3. The Balaban J connectivity index is 1.50. The monoisotopic (exact) mass is 306 g/mol. The molecule has 0 aliphatic carbocycles. The van der Waals surface area contributed by atoms with E-state index in [0.717, 1.165) is 24.2 Å². The third kappa shape index (κ3) is 3.18. The zero-order chi connectivity index (χ0) is 15.4. The summed E-state index contributed by atoms with van der Waals surface area (Å²) >= 11 is 0. The lowest BCUT2D eigenvalue weighted by molar-refractivity contribution is -0.181. The first-order valence-electron chi connectivity index (χ1n) is 7.65. The largest absolute Gasteiger partial charge is 0.496 e. The topological polar surface area (TPSA) is 60.0 Å². The van der Waals surface area contributed by atoms with Gasteiger partial charge in [0.2, 0.25) is 0 Å². The Morgan fingerprint density at radius 2 is 1.95 bits per heavy atom. The summed E-state index contributed by atoms with van der Waals surface area (Å²) in [7, 11) is 1.63. The van der Waals surface area contributed by atoms with Gasteiger partial charge in [0.15, 0.2) is 5.79 Å². The van der Waals surface area contributed by atoms with Crippen molar-refractivity contribution in [3.8, 4) is 5.75 Å². The van der Waals surface area contributed by atoms with Crippen molar-refractivity contribution in [2.24, 2.45) is 0 Å². The van der Waals surface area contributed by atoms with E-state index in [1.54, 1.807) is 7.11 Å². The first kappa shape index (κ1) is 15.1. The first-order valence-corrected chi connectivity index (χ1v) is 7.65. The van der Waals surface area contributed by atoms with E-state index in [2.05, 4.69) is 5.32 Å². The quantitative estimate of drug-likeness (QED) is 0.924. The number of methoxy groups -OCH3 is 1. The predicted octanol–water partition coefficient (Wildman–Crippen LogP) is 1.74. The highest BCUT2D eigenvalue weighted by molar-refractivity contribution is 5.74. The van der Waals surface area contributed by atoms with Crippen LogP contribution < -0.4 is 10.1 Å².